The van der Waals surface area contributed by atoms with E-state index in [1.165, 1.54) is 0 Å². The Morgan fingerprint density at radius 1 is 1.26 bits per heavy atom. The number of aromatic nitrogens is 2. The molecule has 0 unspecified atom stereocenters. The van der Waals surface area contributed by atoms with Crippen LogP contribution in [-0.2, 0) is 21.8 Å². The summed E-state index contributed by atoms with van der Waals surface area (Å²) in [6.45, 7) is 1.30. The van der Waals surface area contributed by atoms with Crippen molar-refractivity contribution in [2.45, 2.75) is 23.8 Å². The van der Waals surface area contributed by atoms with Gasteiger partial charge in [-0.1, -0.05) is 18.2 Å². The monoisotopic (exact) mass is 335 g/mol. The van der Waals surface area contributed by atoms with Gasteiger partial charge in [0.15, 0.2) is 0 Å². The van der Waals surface area contributed by atoms with Gasteiger partial charge < -0.3 is 9.30 Å². The summed E-state index contributed by atoms with van der Waals surface area (Å²) in [5.74, 6) is 0.903. The Labute approximate surface area is 136 Å². The molecule has 7 heteroatoms. The van der Waals surface area contributed by atoms with Gasteiger partial charge in [-0.15, -0.1) is 0 Å². The number of nitrogens with one attached hydrogen (secondary N) is 1. The Morgan fingerprint density at radius 2 is 1.96 bits per heavy atom. The molecule has 1 saturated heterocycles. The van der Waals surface area contributed by atoms with Crippen LogP contribution in [0.25, 0.3) is 0 Å². The summed E-state index contributed by atoms with van der Waals surface area (Å²) in [4.78, 5) is 4.63. The highest BCUT2D eigenvalue weighted by Crippen LogP contribution is 2.30. The molecule has 0 amide bonds. The number of ether oxygens (including phenoxy) is 1. The lowest BCUT2D eigenvalue weighted by molar-refractivity contribution is 0.0551. The standard InChI is InChI=1S/C16H21N3O3S/c1-19-10-9-17-16(19)15(13-7-11-22-12-8-13)18-23(20,21)14-5-3-2-4-6-14/h2-6,9-10,13,15,18H,7-8,11-12H2,1H3/t15-/m1/s1. The van der Waals surface area contributed by atoms with Crippen molar-refractivity contribution in [3.63, 3.8) is 0 Å². The summed E-state index contributed by atoms with van der Waals surface area (Å²) < 4.78 is 35.6. The summed E-state index contributed by atoms with van der Waals surface area (Å²) >= 11 is 0. The molecule has 0 spiro atoms. The maximum atomic E-state index is 12.7. The summed E-state index contributed by atoms with van der Waals surface area (Å²) in [5.41, 5.74) is 0. The molecule has 2 aromatic rings. The second-order valence-electron chi connectivity index (χ2n) is 5.76. The highest BCUT2D eigenvalue weighted by Gasteiger charge is 2.32. The van der Waals surface area contributed by atoms with Gasteiger partial charge in [-0.3, -0.25) is 0 Å². The van der Waals surface area contributed by atoms with Crippen molar-refractivity contribution in [1.29, 1.82) is 0 Å². The maximum absolute atomic E-state index is 12.7. The van der Waals surface area contributed by atoms with Gasteiger partial charge in [0, 0.05) is 32.7 Å². The van der Waals surface area contributed by atoms with Gasteiger partial charge in [-0.2, -0.15) is 0 Å². The molecular formula is C16H21N3O3S. The zero-order chi connectivity index (χ0) is 16.3. The average molecular weight is 335 g/mol. The first-order valence-electron chi connectivity index (χ1n) is 7.70. The second-order valence-corrected chi connectivity index (χ2v) is 7.47. The van der Waals surface area contributed by atoms with Crippen LogP contribution < -0.4 is 4.72 Å². The van der Waals surface area contributed by atoms with Gasteiger partial charge in [0.1, 0.15) is 5.82 Å². The molecule has 124 valence electrons. The molecule has 1 N–H and O–H groups in total. The first kappa shape index (κ1) is 16.2. The number of rotatable bonds is 5. The van der Waals surface area contributed by atoms with Crippen LogP contribution >= 0.6 is 0 Å². The predicted octanol–water partition coefficient (Wildman–Crippen LogP) is 1.87. The third-order valence-corrected chi connectivity index (χ3v) is 5.67. The van der Waals surface area contributed by atoms with Crippen molar-refractivity contribution >= 4 is 10.0 Å². The van der Waals surface area contributed by atoms with Gasteiger partial charge in [0.05, 0.1) is 10.9 Å². The highest BCUT2D eigenvalue weighted by molar-refractivity contribution is 7.89. The molecule has 0 bridgehead atoms. The van der Waals surface area contributed by atoms with E-state index >= 15 is 0 Å². The van der Waals surface area contributed by atoms with Crippen LogP contribution in [0.1, 0.15) is 24.7 Å². The van der Waals surface area contributed by atoms with Crippen molar-refractivity contribution in [1.82, 2.24) is 14.3 Å². The molecule has 2 heterocycles. The number of aryl methyl sites for hydroxylation is 1. The van der Waals surface area contributed by atoms with Crippen LogP contribution in [0.5, 0.6) is 0 Å². The Balaban J connectivity index is 1.91. The van der Waals surface area contributed by atoms with Crippen molar-refractivity contribution in [3.05, 3.63) is 48.5 Å². The van der Waals surface area contributed by atoms with Gasteiger partial charge in [-0.05, 0) is 30.9 Å². The fourth-order valence-electron chi connectivity index (χ4n) is 2.92. The topological polar surface area (TPSA) is 73.2 Å². The van der Waals surface area contributed by atoms with Crippen molar-refractivity contribution < 1.29 is 13.2 Å². The molecule has 0 aliphatic carbocycles. The molecule has 1 atom stereocenters. The molecule has 1 aromatic heterocycles. The number of benzene rings is 1. The molecule has 1 aliphatic rings. The molecule has 6 nitrogen and oxygen atoms in total. The lowest BCUT2D eigenvalue weighted by Crippen LogP contribution is -2.37. The van der Waals surface area contributed by atoms with Crippen molar-refractivity contribution in [2.75, 3.05) is 13.2 Å². The SMILES string of the molecule is Cn1ccnc1[C@H](NS(=O)(=O)c1ccccc1)C1CCOCC1. The highest BCUT2D eigenvalue weighted by atomic mass is 32.2. The number of hydrogen-bond donors (Lipinski definition) is 1. The molecule has 23 heavy (non-hydrogen) atoms. The lowest BCUT2D eigenvalue weighted by atomic mass is 9.92. The quantitative estimate of drug-likeness (QED) is 0.905. The number of nitrogens with zero attached hydrogens (tertiary/aromatic N) is 2. The van der Waals surface area contributed by atoms with Crippen molar-refractivity contribution in [2.24, 2.45) is 13.0 Å². The largest absolute Gasteiger partial charge is 0.381 e. The van der Waals surface area contributed by atoms with E-state index in [1.807, 2.05) is 17.8 Å². The van der Waals surface area contributed by atoms with Gasteiger partial charge in [0.2, 0.25) is 10.0 Å². The number of hydrogen-bond acceptors (Lipinski definition) is 4. The molecule has 1 aromatic carbocycles. The summed E-state index contributed by atoms with van der Waals surface area (Å²) in [5, 5.41) is 0. The van der Waals surface area contributed by atoms with Gasteiger partial charge >= 0.3 is 0 Å². The minimum atomic E-state index is -3.60. The summed E-state index contributed by atoms with van der Waals surface area (Å²) in [7, 11) is -1.72. The molecule has 3 rings (SSSR count). The maximum Gasteiger partial charge on any atom is 0.241 e. The van der Waals surface area contributed by atoms with Crippen LogP contribution in [0.2, 0.25) is 0 Å². The van der Waals surface area contributed by atoms with Crippen LogP contribution in [0.15, 0.2) is 47.6 Å². The molecular weight excluding hydrogens is 314 g/mol. The normalized spacial score (nSPS) is 18.0. The molecule has 0 saturated carbocycles. The van der Waals surface area contributed by atoms with E-state index in [0.29, 0.717) is 13.2 Å². The van der Waals surface area contributed by atoms with E-state index in [2.05, 4.69) is 9.71 Å². The predicted molar refractivity (Wildman–Crippen MR) is 86.3 cm³/mol. The molecule has 0 radical (unpaired) electrons. The second kappa shape index (κ2) is 6.82. The van der Waals surface area contributed by atoms with Crippen LogP contribution in [0, 0.1) is 5.92 Å². The zero-order valence-corrected chi connectivity index (χ0v) is 13.9. The van der Waals surface area contributed by atoms with E-state index in [4.69, 9.17) is 4.74 Å². The smallest absolute Gasteiger partial charge is 0.241 e. The lowest BCUT2D eigenvalue weighted by Gasteiger charge is -2.30. The first-order chi connectivity index (χ1) is 11.1. The minimum Gasteiger partial charge on any atom is -0.381 e. The fraction of sp³-hybridized carbons (Fsp3) is 0.438. The fourth-order valence-corrected chi connectivity index (χ4v) is 4.20. The van der Waals surface area contributed by atoms with Crippen LogP contribution in [0.4, 0.5) is 0 Å². The van der Waals surface area contributed by atoms with E-state index in [9.17, 15) is 8.42 Å². The number of sulfonamides is 1. The van der Waals surface area contributed by atoms with E-state index in [1.54, 1.807) is 36.5 Å². The molecule has 1 fully saturated rings. The van der Waals surface area contributed by atoms with E-state index in [0.717, 1.165) is 18.7 Å². The summed E-state index contributed by atoms with van der Waals surface area (Å²) in [6, 6.07) is 8.08. The Hall–Kier alpha value is -1.70. The van der Waals surface area contributed by atoms with Gasteiger partial charge in [0.25, 0.3) is 0 Å². The Morgan fingerprint density at radius 3 is 2.57 bits per heavy atom. The van der Waals surface area contributed by atoms with Crippen molar-refractivity contribution in [3.8, 4) is 0 Å². The van der Waals surface area contributed by atoms with E-state index in [-0.39, 0.29) is 16.9 Å². The third kappa shape index (κ3) is 3.63. The Bertz CT molecular complexity index is 737. The average Bonchev–Trinajstić information content (AvgIpc) is 3.00. The summed E-state index contributed by atoms with van der Waals surface area (Å²) in [6.07, 6.45) is 5.15. The molecule has 1 aliphatic heterocycles. The number of imidazole rings is 1. The van der Waals surface area contributed by atoms with Crippen LogP contribution in [0.3, 0.4) is 0 Å². The minimum absolute atomic E-state index is 0.170. The Kier molecular flexibility index (Phi) is 4.79. The van der Waals surface area contributed by atoms with Gasteiger partial charge in [-0.25, -0.2) is 18.1 Å². The van der Waals surface area contributed by atoms with Crippen LogP contribution in [-0.4, -0.2) is 31.2 Å². The first-order valence-corrected chi connectivity index (χ1v) is 9.18. The third-order valence-electron chi connectivity index (χ3n) is 4.21. The van der Waals surface area contributed by atoms with E-state index < -0.39 is 10.0 Å². The zero-order valence-electron chi connectivity index (χ0n) is 13.1.